The lowest BCUT2D eigenvalue weighted by molar-refractivity contribution is -0.121. The van der Waals surface area contributed by atoms with Crippen LogP contribution in [0.3, 0.4) is 0 Å². The van der Waals surface area contributed by atoms with Crippen LogP contribution in [0.15, 0.2) is 18.7 Å². The van der Waals surface area contributed by atoms with Crippen LogP contribution in [0.1, 0.15) is 45.4 Å². The third kappa shape index (κ3) is 5.50. The van der Waals surface area contributed by atoms with Crippen molar-refractivity contribution in [2.24, 2.45) is 0 Å². The van der Waals surface area contributed by atoms with Gasteiger partial charge >= 0.3 is 0 Å². The van der Waals surface area contributed by atoms with Gasteiger partial charge in [-0.3, -0.25) is 9.69 Å². The highest BCUT2D eigenvalue weighted by molar-refractivity contribution is 5.75. The first-order valence-electron chi connectivity index (χ1n) is 8.26. The van der Waals surface area contributed by atoms with Gasteiger partial charge in [0.15, 0.2) is 0 Å². The van der Waals surface area contributed by atoms with Crippen molar-refractivity contribution in [2.45, 2.75) is 58.0 Å². The number of rotatable bonds is 8. The first-order valence-corrected chi connectivity index (χ1v) is 8.26. The lowest BCUT2D eigenvalue weighted by Crippen LogP contribution is -2.43. The largest absolute Gasteiger partial charge is 0.355 e. The molecule has 1 aromatic heterocycles. The highest BCUT2D eigenvalue weighted by atomic mass is 16.1. The number of carbonyl (C=O) groups excluding carboxylic acids is 1. The van der Waals surface area contributed by atoms with Crippen LogP contribution >= 0.6 is 0 Å². The van der Waals surface area contributed by atoms with E-state index in [0.29, 0.717) is 6.42 Å². The number of aryl methyl sites for hydroxylation is 1. The fraction of sp³-hybridized carbons (Fsp3) is 0.750. The quantitative estimate of drug-likeness (QED) is 0.798. The molecule has 1 saturated heterocycles. The predicted octanol–water partition coefficient (Wildman–Crippen LogP) is 2.04. The highest BCUT2D eigenvalue weighted by Gasteiger charge is 2.19. The normalized spacial score (nSPS) is 19.6. The molecule has 0 aliphatic carbocycles. The zero-order chi connectivity index (χ0) is 14.9. The smallest absolute Gasteiger partial charge is 0.220 e. The Balaban J connectivity index is 1.56. The van der Waals surface area contributed by atoms with Gasteiger partial charge in [0, 0.05) is 44.5 Å². The summed E-state index contributed by atoms with van der Waals surface area (Å²) in [6.45, 7) is 6.08. The first kappa shape index (κ1) is 16.0. The first-order chi connectivity index (χ1) is 10.3. The van der Waals surface area contributed by atoms with Crippen molar-refractivity contribution in [1.82, 2.24) is 19.8 Å². The second-order valence-corrected chi connectivity index (χ2v) is 5.85. The fourth-order valence-corrected chi connectivity index (χ4v) is 3.09. The number of nitrogens with zero attached hydrogens (tertiary/aromatic N) is 3. The topological polar surface area (TPSA) is 50.2 Å². The molecule has 1 aliphatic rings. The molecule has 2 heterocycles. The third-order valence-electron chi connectivity index (χ3n) is 4.32. The van der Waals surface area contributed by atoms with Crippen molar-refractivity contribution in [3.63, 3.8) is 0 Å². The highest BCUT2D eigenvalue weighted by Crippen LogP contribution is 2.18. The Morgan fingerprint density at radius 1 is 1.38 bits per heavy atom. The third-order valence-corrected chi connectivity index (χ3v) is 4.32. The van der Waals surface area contributed by atoms with E-state index < -0.39 is 0 Å². The van der Waals surface area contributed by atoms with Gasteiger partial charge in [0.1, 0.15) is 0 Å². The van der Waals surface area contributed by atoms with Crippen molar-refractivity contribution in [1.29, 1.82) is 0 Å². The average molecular weight is 292 g/mol. The minimum Gasteiger partial charge on any atom is -0.355 e. The van der Waals surface area contributed by atoms with E-state index in [0.717, 1.165) is 32.1 Å². The number of carbonyl (C=O) groups is 1. The summed E-state index contributed by atoms with van der Waals surface area (Å²) in [5.74, 6) is 0.167. The summed E-state index contributed by atoms with van der Waals surface area (Å²) in [7, 11) is 0. The van der Waals surface area contributed by atoms with Crippen LogP contribution in [0, 0.1) is 0 Å². The van der Waals surface area contributed by atoms with E-state index in [1.54, 1.807) is 12.5 Å². The van der Waals surface area contributed by atoms with Crippen LogP contribution in [0.5, 0.6) is 0 Å². The second-order valence-electron chi connectivity index (χ2n) is 5.85. The summed E-state index contributed by atoms with van der Waals surface area (Å²) in [5.41, 5.74) is 0. The number of aromatic nitrogens is 2. The second kappa shape index (κ2) is 8.82. The average Bonchev–Trinajstić information content (AvgIpc) is 3.01. The van der Waals surface area contributed by atoms with E-state index in [4.69, 9.17) is 0 Å². The SMILES string of the molecule is CC[C@@H]1CCCCN1CCNC(=O)CCCn1ccnc1. The van der Waals surface area contributed by atoms with Gasteiger partial charge in [-0.25, -0.2) is 4.98 Å². The van der Waals surface area contributed by atoms with E-state index in [2.05, 4.69) is 22.1 Å². The van der Waals surface area contributed by atoms with Gasteiger partial charge in [-0.2, -0.15) is 0 Å². The number of amides is 1. The molecule has 118 valence electrons. The molecule has 1 amide bonds. The molecule has 0 aromatic carbocycles. The Morgan fingerprint density at radius 3 is 3.05 bits per heavy atom. The van der Waals surface area contributed by atoms with E-state index in [1.807, 2.05) is 10.8 Å². The molecule has 0 unspecified atom stereocenters. The van der Waals surface area contributed by atoms with E-state index in [-0.39, 0.29) is 5.91 Å². The Bertz CT molecular complexity index is 404. The Morgan fingerprint density at radius 2 is 2.29 bits per heavy atom. The van der Waals surface area contributed by atoms with Gasteiger partial charge in [-0.15, -0.1) is 0 Å². The molecule has 0 saturated carbocycles. The molecule has 1 aliphatic heterocycles. The lowest BCUT2D eigenvalue weighted by atomic mass is 10.0. The van der Waals surface area contributed by atoms with Crippen LogP contribution in [0.4, 0.5) is 0 Å². The summed E-state index contributed by atoms with van der Waals surface area (Å²) in [4.78, 5) is 18.3. The van der Waals surface area contributed by atoms with E-state index in [1.165, 1.54) is 32.2 Å². The van der Waals surface area contributed by atoms with Gasteiger partial charge in [-0.1, -0.05) is 13.3 Å². The van der Waals surface area contributed by atoms with Crippen molar-refractivity contribution >= 4 is 5.91 Å². The molecular weight excluding hydrogens is 264 g/mol. The number of likely N-dealkylation sites (tertiary alicyclic amines) is 1. The molecule has 2 rings (SSSR count). The summed E-state index contributed by atoms with van der Waals surface area (Å²) >= 11 is 0. The summed E-state index contributed by atoms with van der Waals surface area (Å²) in [6.07, 6.45) is 12.1. The molecule has 1 N–H and O–H groups in total. The minimum absolute atomic E-state index is 0.167. The zero-order valence-electron chi connectivity index (χ0n) is 13.1. The molecule has 1 fully saturated rings. The van der Waals surface area contributed by atoms with Crippen molar-refractivity contribution < 1.29 is 4.79 Å². The monoisotopic (exact) mass is 292 g/mol. The number of imidazole rings is 1. The van der Waals surface area contributed by atoms with Gasteiger partial charge < -0.3 is 9.88 Å². The maximum absolute atomic E-state index is 11.8. The van der Waals surface area contributed by atoms with E-state index >= 15 is 0 Å². The zero-order valence-corrected chi connectivity index (χ0v) is 13.1. The maximum Gasteiger partial charge on any atom is 0.220 e. The van der Waals surface area contributed by atoms with Gasteiger partial charge in [-0.05, 0) is 32.2 Å². The minimum atomic E-state index is 0.167. The molecule has 0 bridgehead atoms. The fourth-order valence-electron chi connectivity index (χ4n) is 3.09. The van der Waals surface area contributed by atoms with Crippen LogP contribution in [-0.4, -0.2) is 46.0 Å². The molecular formula is C16H28N4O. The maximum atomic E-state index is 11.8. The van der Waals surface area contributed by atoms with Crippen molar-refractivity contribution in [3.8, 4) is 0 Å². The van der Waals surface area contributed by atoms with Gasteiger partial charge in [0.05, 0.1) is 6.33 Å². The Kier molecular flexibility index (Phi) is 6.73. The molecule has 0 radical (unpaired) electrons. The van der Waals surface area contributed by atoms with Crippen LogP contribution < -0.4 is 5.32 Å². The van der Waals surface area contributed by atoms with Crippen LogP contribution in [-0.2, 0) is 11.3 Å². The number of piperidine rings is 1. The number of hydrogen-bond donors (Lipinski definition) is 1. The summed E-state index contributed by atoms with van der Waals surface area (Å²) in [5, 5.41) is 3.05. The van der Waals surface area contributed by atoms with Gasteiger partial charge in [0.25, 0.3) is 0 Å². The molecule has 5 nitrogen and oxygen atoms in total. The molecule has 1 atom stereocenters. The van der Waals surface area contributed by atoms with Crippen LogP contribution in [0.2, 0.25) is 0 Å². The Labute approximate surface area is 127 Å². The summed E-state index contributed by atoms with van der Waals surface area (Å²) < 4.78 is 2.01. The predicted molar refractivity (Wildman–Crippen MR) is 84.0 cm³/mol. The standard InChI is InChI=1S/C16H28N4O/c1-2-15-6-3-4-11-20(15)13-9-18-16(21)7-5-10-19-12-8-17-14-19/h8,12,14-15H,2-7,9-11,13H2,1H3,(H,18,21)/t15-/m1/s1. The summed E-state index contributed by atoms with van der Waals surface area (Å²) in [6, 6.07) is 0.719. The molecule has 0 spiro atoms. The molecule has 1 aromatic rings. The Hall–Kier alpha value is -1.36. The van der Waals surface area contributed by atoms with Crippen molar-refractivity contribution in [2.75, 3.05) is 19.6 Å². The lowest BCUT2D eigenvalue weighted by Gasteiger charge is -2.35. The molecule has 5 heteroatoms. The number of nitrogens with one attached hydrogen (secondary N) is 1. The number of hydrogen-bond acceptors (Lipinski definition) is 3. The van der Waals surface area contributed by atoms with E-state index in [9.17, 15) is 4.79 Å². The molecule has 21 heavy (non-hydrogen) atoms. The van der Waals surface area contributed by atoms with Crippen LogP contribution in [0.25, 0.3) is 0 Å². The van der Waals surface area contributed by atoms with Crippen molar-refractivity contribution in [3.05, 3.63) is 18.7 Å². The van der Waals surface area contributed by atoms with Gasteiger partial charge in [0.2, 0.25) is 5.91 Å².